The van der Waals surface area contributed by atoms with E-state index in [4.69, 9.17) is 4.74 Å². The zero-order valence-corrected chi connectivity index (χ0v) is 12.2. The average molecular weight is 316 g/mol. The number of carbonyl (C=O) groups is 1. The molecule has 0 aliphatic heterocycles. The van der Waals surface area contributed by atoms with E-state index < -0.39 is 0 Å². The molecule has 5 heteroatoms. The molecule has 0 radical (unpaired) electrons. The molecule has 4 nitrogen and oxygen atoms in total. The van der Waals surface area contributed by atoms with Crippen LogP contribution in [0.2, 0.25) is 0 Å². The number of rotatable bonds is 6. The summed E-state index contributed by atoms with van der Waals surface area (Å²) in [5.41, 5.74) is 1.59. The number of nitrogens with one attached hydrogen (secondary N) is 1. The second-order valence-corrected chi connectivity index (χ2v) is 5.07. The van der Waals surface area contributed by atoms with Gasteiger partial charge < -0.3 is 15.2 Å². The summed E-state index contributed by atoms with van der Waals surface area (Å²) in [7, 11) is 1.59. The molecule has 0 saturated carbocycles. The van der Waals surface area contributed by atoms with Crippen molar-refractivity contribution in [3.8, 4) is 0 Å². The van der Waals surface area contributed by atoms with Crippen molar-refractivity contribution in [3.05, 3.63) is 33.8 Å². The van der Waals surface area contributed by atoms with E-state index in [1.165, 1.54) is 0 Å². The highest BCUT2D eigenvalue weighted by Gasteiger charge is 2.13. The molecule has 1 aromatic rings. The van der Waals surface area contributed by atoms with Crippen molar-refractivity contribution in [2.75, 3.05) is 20.3 Å². The van der Waals surface area contributed by atoms with Gasteiger partial charge in [-0.15, -0.1) is 0 Å². The van der Waals surface area contributed by atoms with Gasteiger partial charge in [0.1, 0.15) is 0 Å². The highest BCUT2D eigenvalue weighted by molar-refractivity contribution is 9.10. The first kappa shape index (κ1) is 15.1. The van der Waals surface area contributed by atoms with Crippen LogP contribution in [0.1, 0.15) is 22.3 Å². The molecule has 0 heterocycles. The van der Waals surface area contributed by atoms with Crippen LogP contribution in [0.15, 0.2) is 22.7 Å². The Balaban J connectivity index is 2.68. The zero-order valence-electron chi connectivity index (χ0n) is 10.6. The third-order valence-electron chi connectivity index (χ3n) is 2.53. The largest absolute Gasteiger partial charge is 0.394 e. The van der Waals surface area contributed by atoms with Gasteiger partial charge in [0, 0.05) is 23.8 Å². The Kier molecular flexibility index (Phi) is 6.32. The molecule has 0 aromatic heterocycles. The van der Waals surface area contributed by atoms with Crippen LogP contribution in [0.3, 0.4) is 0 Å². The number of ether oxygens (including phenoxy) is 1. The van der Waals surface area contributed by atoms with E-state index in [0.717, 1.165) is 10.0 Å². The fourth-order valence-electron chi connectivity index (χ4n) is 1.61. The van der Waals surface area contributed by atoms with Gasteiger partial charge in [0.05, 0.1) is 12.6 Å². The van der Waals surface area contributed by atoms with Gasteiger partial charge in [-0.2, -0.15) is 0 Å². The van der Waals surface area contributed by atoms with Gasteiger partial charge in [-0.3, -0.25) is 4.79 Å². The third kappa shape index (κ3) is 4.76. The summed E-state index contributed by atoms with van der Waals surface area (Å²) < 4.78 is 5.80. The number of hydrogen-bond acceptors (Lipinski definition) is 3. The first-order valence-electron chi connectivity index (χ1n) is 5.74. The van der Waals surface area contributed by atoms with E-state index in [1.807, 2.05) is 19.1 Å². The van der Waals surface area contributed by atoms with Gasteiger partial charge >= 0.3 is 0 Å². The second-order valence-electron chi connectivity index (χ2n) is 4.15. The van der Waals surface area contributed by atoms with E-state index in [1.54, 1.807) is 13.2 Å². The van der Waals surface area contributed by atoms with Crippen LogP contribution in [0.4, 0.5) is 0 Å². The van der Waals surface area contributed by atoms with E-state index in [-0.39, 0.29) is 18.6 Å². The molecule has 100 valence electrons. The number of aliphatic hydroxyl groups excluding tert-OH is 1. The van der Waals surface area contributed by atoms with Crippen LogP contribution in [0.25, 0.3) is 0 Å². The predicted molar refractivity (Wildman–Crippen MR) is 73.7 cm³/mol. The summed E-state index contributed by atoms with van der Waals surface area (Å²) >= 11 is 3.36. The molecular formula is C13H18BrNO3. The van der Waals surface area contributed by atoms with Gasteiger partial charge in [0.25, 0.3) is 5.91 Å². The Bertz CT molecular complexity index is 389. The predicted octanol–water partition coefficient (Wildman–Crippen LogP) is 1.88. The molecule has 2 N–H and O–H groups in total. The van der Waals surface area contributed by atoms with Crippen LogP contribution < -0.4 is 5.32 Å². The molecule has 1 amide bonds. The first-order valence-corrected chi connectivity index (χ1v) is 6.54. The lowest BCUT2D eigenvalue weighted by molar-refractivity contribution is 0.0894. The lowest BCUT2D eigenvalue weighted by Gasteiger charge is -2.16. The van der Waals surface area contributed by atoms with E-state index in [2.05, 4.69) is 21.2 Å². The number of carbonyl (C=O) groups excluding carboxylic acids is 1. The van der Waals surface area contributed by atoms with Crippen molar-refractivity contribution in [2.45, 2.75) is 19.4 Å². The van der Waals surface area contributed by atoms with Gasteiger partial charge in [0.2, 0.25) is 0 Å². The van der Waals surface area contributed by atoms with Crippen molar-refractivity contribution in [1.82, 2.24) is 5.32 Å². The molecule has 0 bridgehead atoms. The monoisotopic (exact) mass is 315 g/mol. The summed E-state index contributed by atoms with van der Waals surface area (Å²) in [4.78, 5) is 12.0. The number of aliphatic hydroxyl groups is 1. The Morgan fingerprint density at radius 3 is 2.78 bits per heavy atom. The van der Waals surface area contributed by atoms with Crippen LogP contribution in [0, 0.1) is 6.92 Å². The molecule has 0 saturated heterocycles. The second kappa shape index (κ2) is 7.51. The SMILES string of the molecule is COCCC(CO)NC(=O)c1cc(C)cc(Br)c1. The van der Waals surface area contributed by atoms with Crippen molar-refractivity contribution in [3.63, 3.8) is 0 Å². The average Bonchev–Trinajstić information content (AvgIpc) is 2.32. The minimum Gasteiger partial charge on any atom is -0.394 e. The minimum atomic E-state index is -0.281. The first-order chi connectivity index (χ1) is 8.56. The Labute approximate surface area is 115 Å². The standard InChI is InChI=1S/C13H18BrNO3/c1-9-5-10(7-11(14)6-9)13(17)15-12(8-16)3-4-18-2/h5-7,12,16H,3-4,8H2,1-2H3,(H,15,17). The lowest BCUT2D eigenvalue weighted by Crippen LogP contribution is -2.38. The molecule has 18 heavy (non-hydrogen) atoms. The van der Waals surface area contributed by atoms with E-state index in [9.17, 15) is 9.90 Å². The number of hydrogen-bond donors (Lipinski definition) is 2. The lowest BCUT2D eigenvalue weighted by atomic mass is 10.1. The Morgan fingerprint density at radius 1 is 1.50 bits per heavy atom. The maximum atomic E-state index is 12.0. The smallest absolute Gasteiger partial charge is 0.251 e. The number of amides is 1. The summed E-state index contributed by atoms with van der Waals surface area (Å²) in [6.07, 6.45) is 0.589. The van der Waals surface area contributed by atoms with Crippen LogP contribution in [0.5, 0.6) is 0 Å². The zero-order chi connectivity index (χ0) is 13.5. The molecule has 1 unspecified atom stereocenters. The quantitative estimate of drug-likeness (QED) is 0.842. The highest BCUT2D eigenvalue weighted by atomic mass is 79.9. The van der Waals surface area contributed by atoms with Gasteiger partial charge in [-0.25, -0.2) is 0 Å². The summed E-state index contributed by atoms with van der Waals surface area (Å²) in [6, 6.07) is 5.22. The fourth-order valence-corrected chi connectivity index (χ4v) is 2.21. The fraction of sp³-hybridized carbons (Fsp3) is 0.462. The molecule has 1 rings (SSSR count). The van der Waals surface area contributed by atoms with Crippen molar-refractivity contribution >= 4 is 21.8 Å². The molecule has 1 aromatic carbocycles. The van der Waals surface area contributed by atoms with Gasteiger partial charge in [-0.1, -0.05) is 15.9 Å². The van der Waals surface area contributed by atoms with E-state index >= 15 is 0 Å². The molecule has 0 aliphatic carbocycles. The Hall–Kier alpha value is -0.910. The number of methoxy groups -OCH3 is 1. The minimum absolute atomic E-state index is 0.0952. The van der Waals surface area contributed by atoms with Crippen molar-refractivity contribution in [1.29, 1.82) is 0 Å². The van der Waals surface area contributed by atoms with Crippen LogP contribution >= 0.6 is 15.9 Å². The summed E-state index contributed by atoms with van der Waals surface area (Å²) in [6.45, 7) is 2.33. The third-order valence-corrected chi connectivity index (χ3v) is 2.99. The highest BCUT2D eigenvalue weighted by Crippen LogP contribution is 2.15. The maximum absolute atomic E-state index is 12.0. The summed E-state index contributed by atoms with van der Waals surface area (Å²) in [5, 5.41) is 12.0. The molecule has 1 atom stereocenters. The topological polar surface area (TPSA) is 58.6 Å². The van der Waals surface area contributed by atoms with Crippen LogP contribution in [-0.4, -0.2) is 37.4 Å². The number of benzene rings is 1. The number of aryl methyl sites for hydroxylation is 1. The normalized spacial score (nSPS) is 12.2. The molecular weight excluding hydrogens is 298 g/mol. The molecule has 0 spiro atoms. The van der Waals surface area contributed by atoms with Gasteiger partial charge in [0.15, 0.2) is 0 Å². The van der Waals surface area contributed by atoms with Crippen LogP contribution in [-0.2, 0) is 4.74 Å². The number of halogens is 1. The Morgan fingerprint density at radius 2 is 2.22 bits per heavy atom. The molecule has 0 fully saturated rings. The summed E-state index contributed by atoms with van der Waals surface area (Å²) in [5.74, 6) is -0.186. The molecule has 0 aliphatic rings. The van der Waals surface area contributed by atoms with Crippen molar-refractivity contribution in [2.24, 2.45) is 0 Å². The van der Waals surface area contributed by atoms with E-state index in [0.29, 0.717) is 18.6 Å². The van der Waals surface area contributed by atoms with Gasteiger partial charge in [-0.05, 0) is 37.1 Å². The maximum Gasteiger partial charge on any atom is 0.251 e. The van der Waals surface area contributed by atoms with Crippen molar-refractivity contribution < 1.29 is 14.6 Å².